The van der Waals surface area contributed by atoms with E-state index in [2.05, 4.69) is 20.9 Å². The number of carbonyl (C=O) groups excluding carboxylic acids is 2. The van der Waals surface area contributed by atoms with Crippen molar-refractivity contribution in [1.29, 1.82) is 0 Å². The van der Waals surface area contributed by atoms with Gasteiger partial charge in [0.2, 0.25) is 23.0 Å². The Bertz CT molecular complexity index is 2120. The van der Waals surface area contributed by atoms with Crippen molar-refractivity contribution in [1.82, 2.24) is 20.6 Å². The van der Waals surface area contributed by atoms with Gasteiger partial charge in [0.05, 0.1) is 44.1 Å². The summed E-state index contributed by atoms with van der Waals surface area (Å²) in [5, 5.41) is 9.59. The monoisotopic (exact) mass is 703 g/mol. The SMILES string of the molecule is CC[C@H](C)[C@@H](Nc1ccc2c(cc1=O)[C@H](NC(C)=O)CCc1cc(OC)c(OC)c(OC)c1-2)C(=O)N[C@H](c1ccccc1)c1nc2ccccc2[nH]1. The summed E-state index contributed by atoms with van der Waals surface area (Å²) in [6.07, 6.45) is 1.79. The van der Waals surface area contributed by atoms with E-state index in [-0.39, 0.29) is 28.8 Å². The first kappa shape index (κ1) is 36.0. The molecule has 5 aromatic rings. The van der Waals surface area contributed by atoms with Crippen LogP contribution in [0.4, 0.5) is 5.69 Å². The van der Waals surface area contributed by atoms with Crippen LogP contribution in [-0.2, 0) is 16.0 Å². The number of benzene rings is 3. The quantitative estimate of drug-likeness (QED) is 0.116. The topological polar surface area (TPSA) is 144 Å². The van der Waals surface area contributed by atoms with Gasteiger partial charge in [0.25, 0.3) is 0 Å². The fourth-order valence-corrected chi connectivity index (χ4v) is 6.99. The molecule has 270 valence electrons. The number of aryl methyl sites for hydroxylation is 1. The third-order valence-corrected chi connectivity index (χ3v) is 9.82. The molecule has 6 rings (SSSR count). The zero-order valence-corrected chi connectivity index (χ0v) is 30.3. The number of H-pyrrole nitrogens is 1. The lowest BCUT2D eigenvalue weighted by molar-refractivity contribution is -0.123. The molecule has 0 fully saturated rings. The number of nitrogens with one attached hydrogen (secondary N) is 4. The molecule has 1 aliphatic carbocycles. The van der Waals surface area contributed by atoms with E-state index < -0.39 is 18.1 Å². The number of ether oxygens (including phenoxy) is 3. The highest BCUT2D eigenvalue weighted by Crippen LogP contribution is 2.50. The van der Waals surface area contributed by atoms with Crippen molar-refractivity contribution in [2.24, 2.45) is 5.92 Å². The van der Waals surface area contributed by atoms with Gasteiger partial charge < -0.3 is 35.1 Å². The number of para-hydroxylation sites is 2. The van der Waals surface area contributed by atoms with Crippen LogP contribution in [0.2, 0.25) is 0 Å². The standard InChI is InChI=1S/C41H45N5O6/c1-7-23(2)36(41(49)46-37(25-13-9-8-10-14-25)40-44-30-15-11-12-16-31(30)45-40)43-32-20-18-27-28(22-33(32)48)29(42-24(3)47)19-17-26-21-34(50-4)38(51-5)39(52-6)35(26)27/h8-16,18,20-23,29,36-37H,7,17,19H2,1-6H3,(H,42,47)(H,43,48)(H,44,45)(H,46,49)/t23-,29+,36+,37+/m0/s1. The molecule has 1 heterocycles. The van der Waals surface area contributed by atoms with Crippen LogP contribution in [-0.4, -0.2) is 49.2 Å². The average Bonchev–Trinajstić information content (AvgIpc) is 3.45. The summed E-state index contributed by atoms with van der Waals surface area (Å²) < 4.78 is 17.3. The predicted molar refractivity (Wildman–Crippen MR) is 202 cm³/mol. The van der Waals surface area contributed by atoms with Gasteiger partial charge in [0.1, 0.15) is 17.9 Å². The molecule has 0 saturated heterocycles. The molecule has 4 N–H and O–H groups in total. The lowest BCUT2D eigenvalue weighted by atomic mass is 9.95. The highest BCUT2D eigenvalue weighted by molar-refractivity contribution is 5.87. The number of rotatable bonds is 12. The Balaban J connectivity index is 1.43. The Labute approximate surface area is 303 Å². The van der Waals surface area contributed by atoms with Crippen LogP contribution in [0, 0.1) is 5.92 Å². The van der Waals surface area contributed by atoms with Crippen LogP contribution in [0.1, 0.15) is 68.2 Å². The van der Waals surface area contributed by atoms with Crippen molar-refractivity contribution in [2.75, 3.05) is 26.6 Å². The number of anilines is 1. The van der Waals surface area contributed by atoms with Gasteiger partial charge in [-0.15, -0.1) is 0 Å². The molecule has 0 spiro atoms. The third kappa shape index (κ3) is 7.16. The number of amides is 2. The number of carbonyl (C=O) groups is 2. The first-order valence-electron chi connectivity index (χ1n) is 17.5. The maximum absolute atomic E-state index is 14.4. The number of aromatic nitrogens is 2. The van der Waals surface area contributed by atoms with E-state index in [0.29, 0.717) is 53.5 Å². The number of hydrogen-bond acceptors (Lipinski definition) is 8. The molecule has 0 aliphatic heterocycles. The van der Waals surface area contributed by atoms with Gasteiger partial charge in [-0.25, -0.2) is 4.98 Å². The van der Waals surface area contributed by atoms with Crippen LogP contribution in [0.5, 0.6) is 17.2 Å². The maximum atomic E-state index is 14.4. The molecule has 52 heavy (non-hydrogen) atoms. The first-order chi connectivity index (χ1) is 25.2. The highest BCUT2D eigenvalue weighted by atomic mass is 16.5. The molecule has 0 saturated carbocycles. The van der Waals surface area contributed by atoms with Crippen molar-refractivity contribution in [3.05, 3.63) is 112 Å². The average molecular weight is 704 g/mol. The molecule has 0 unspecified atom stereocenters. The summed E-state index contributed by atoms with van der Waals surface area (Å²) in [5.41, 5.74) is 5.45. The minimum absolute atomic E-state index is 0.153. The van der Waals surface area contributed by atoms with E-state index in [4.69, 9.17) is 19.2 Å². The fourth-order valence-electron chi connectivity index (χ4n) is 6.99. The van der Waals surface area contributed by atoms with Crippen molar-refractivity contribution in [2.45, 2.75) is 58.2 Å². The largest absolute Gasteiger partial charge is 0.493 e. The molecular weight excluding hydrogens is 658 g/mol. The zero-order chi connectivity index (χ0) is 36.9. The second-order valence-corrected chi connectivity index (χ2v) is 13.1. The van der Waals surface area contributed by atoms with Gasteiger partial charge in [-0.05, 0) is 71.3 Å². The fraction of sp³-hybridized carbons (Fsp3) is 0.317. The summed E-state index contributed by atoms with van der Waals surface area (Å²) in [4.78, 5) is 49.1. The third-order valence-electron chi connectivity index (χ3n) is 9.82. The van der Waals surface area contributed by atoms with Crippen LogP contribution >= 0.6 is 0 Å². The number of nitrogens with zero attached hydrogens (tertiary/aromatic N) is 1. The van der Waals surface area contributed by atoms with E-state index in [9.17, 15) is 14.4 Å². The smallest absolute Gasteiger partial charge is 0.243 e. The van der Waals surface area contributed by atoms with Gasteiger partial charge in [0, 0.05) is 12.5 Å². The summed E-state index contributed by atoms with van der Waals surface area (Å²) in [7, 11) is 4.68. The van der Waals surface area contributed by atoms with Crippen LogP contribution in [0.25, 0.3) is 22.2 Å². The summed E-state index contributed by atoms with van der Waals surface area (Å²) in [6, 6.07) is 22.6. The Morgan fingerprint density at radius 3 is 2.35 bits per heavy atom. The van der Waals surface area contributed by atoms with Crippen molar-refractivity contribution in [3.63, 3.8) is 0 Å². The van der Waals surface area contributed by atoms with Gasteiger partial charge >= 0.3 is 0 Å². The minimum Gasteiger partial charge on any atom is -0.493 e. The molecule has 4 atom stereocenters. The normalized spacial score (nSPS) is 15.2. The number of fused-ring (bicyclic) bond motifs is 4. The van der Waals surface area contributed by atoms with E-state index >= 15 is 0 Å². The summed E-state index contributed by atoms with van der Waals surface area (Å²) in [6.45, 7) is 5.45. The molecule has 11 heteroatoms. The molecule has 11 nitrogen and oxygen atoms in total. The Morgan fingerprint density at radius 2 is 1.67 bits per heavy atom. The molecule has 0 bridgehead atoms. The van der Waals surface area contributed by atoms with E-state index in [1.54, 1.807) is 33.5 Å². The minimum atomic E-state index is -0.771. The second kappa shape index (κ2) is 15.6. The van der Waals surface area contributed by atoms with Gasteiger partial charge in [0.15, 0.2) is 11.5 Å². The lowest BCUT2D eigenvalue weighted by Crippen LogP contribution is -2.46. The summed E-state index contributed by atoms with van der Waals surface area (Å²) in [5.74, 6) is 1.35. The molecule has 2 amide bonds. The van der Waals surface area contributed by atoms with Gasteiger partial charge in [-0.1, -0.05) is 68.8 Å². The molecule has 0 radical (unpaired) electrons. The molecular formula is C41H45N5O6. The maximum Gasteiger partial charge on any atom is 0.243 e. The van der Waals surface area contributed by atoms with Crippen LogP contribution in [0.15, 0.2) is 83.7 Å². The Morgan fingerprint density at radius 1 is 0.942 bits per heavy atom. The number of hydrogen-bond donors (Lipinski definition) is 4. The van der Waals surface area contributed by atoms with Crippen LogP contribution in [0.3, 0.4) is 0 Å². The number of methoxy groups -OCH3 is 3. The molecule has 1 aromatic heterocycles. The van der Waals surface area contributed by atoms with Crippen molar-refractivity contribution < 1.29 is 23.8 Å². The highest BCUT2D eigenvalue weighted by Gasteiger charge is 2.32. The molecule has 4 aromatic carbocycles. The Kier molecular flexibility index (Phi) is 10.8. The summed E-state index contributed by atoms with van der Waals surface area (Å²) >= 11 is 0. The van der Waals surface area contributed by atoms with Crippen LogP contribution < -0.4 is 35.6 Å². The van der Waals surface area contributed by atoms with Crippen molar-refractivity contribution >= 4 is 28.5 Å². The lowest BCUT2D eigenvalue weighted by Gasteiger charge is -2.26. The zero-order valence-electron chi connectivity index (χ0n) is 30.3. The number of imidazole rings is 1. The van der Waals surface area contributed by atoms with E-state index in [1.165, 1.54) is 6.92 Å². The van der Waals surface area contributed by atoms with Gasteiger partial charge in [-0.3, -0.25) is 14.4 Å². The predicted octanol–water partition coefficient (Wildman–Crippen LogP) is 6.47. The van der Waals surface area contributed by atoms with Gasteiger partial charge in [-0.2, -0.15) is 0 Å². The molecule has 1 aliphatic rings. The first-order valence-corrected chi connectivity index (χ1v) is 17.5. The van der Waals surface area contributed by atoms with E-state index in [0.717, 1.165) is 27.7 Å². The number of aromatic amines is 1. The van der Waals surface area contributed by atoms with Crippen molar-refractivity contribution in [3.8, 4) is 28.4 Å². The Hall–Kier alpha value is -5.84. The second-order valence-electron chi connectivity index (χ2n) is 13.1. The van der Waals surface area contributed by atoms with E-state index in [1.807, 2.05) is 80.6 Å².